The van der Waals surface area contributed by atoms with E-state index in [4.69, 9.17) is 21.1 Å². The molecule has 0 aliphatic carbocycles. The van der Waals surface area contributed by atoms with E-state index in [-0.39, 0.29) is 29.3 Å². The van der Waals surface area contributed by atoms with Crippen LogP contribution < -0.4 is 15.4 Å². The molecule has 0 aliphatic rings. The lowest BCUT2D eigenvalue weighted by Crippen LogP contribution is -2.39. The Balaban J connectivity index is 2.64. The zero-order valence-corrected chi connectivity index (χ0v) is 13.3. The van der Waals surface area contributed by atoms with Gasteiger partial charge >= 0.3 is 6.01 Å². The minimum absolute atomic E-state index is 0.00450. The summed E-state index contributed by atoms with van der Waals surface area (Å²) in [5.41, 5.74) is 0. The van der Waals surface area contributed by atoms with Gasteiger partial charge in [0.05, 0.1) is 12.7 Å². The maximum atomic E-state index is 11.8. The van der Waals surface area contributed by atoms with E-state index in [9.17, 15) is 4.79 Å². The van der Waals surface area contributed by atoms with E-state index < -0.39 is 6.04 Å². The Morgan fingerprint density at radius 2 is 2.00 bits per heavy atom. The second-order valence-corrected chi connectivity index (χ2v) is 4.87. The molecule has 1 unspecified atom stereocenters. The van der Waals surface area contributed by atoms with Gasteiger partial charge in [-0.05, 0) is 32.4 Å². The third-order valence-corrected chi connectivity index (χ3v) is 2.44. The predicted octanol–water partition coefficient (Wildman–Crippen LogP) is 0.875. The molecular weight excluding hydrogens is 298 g/mol. The van der Waals surface area contributed by atoms with Crippen LogP contribution >= 0.6 is 11.6 Å². The normalized spacial score (nSPS) is 12.1. The van der Waals surface area contributed by atoms with Gasteiger partial charge in [0, 0.05) is 13.7 Å². The fourth-order valence-electron chi connectivity index (χ4n) is 1.35. The minimum atomic E-state index is -0.535. The molecule has 9 heteroatoms. The summed E-state index contributed by atoms with van der Waals surface area (Å²) in [5.74, 6) is -0.0186. The Hall–Kier alpha value is -1.67. The quantitative estimate of drug-likeness (QED) is 0.686. The van der Waals surface area contributed by atoms with Gasteiger partial charge < -0.3 is 20.1 Å². The number of amides is 1. The highest BCUT2D eigenvalue weighted by molar-refractivity contribution is 6.28. The molecule has 2 N–H and O–H groups in total. The number of hydrogen-bond donors (Lipinski definition) is 2. The van der Waals surface area contributed by atoms with Gasteiger partial charge in [-0.3, -0.25) is 4.79 Å². The minimum Gasteiger partial charge on any atom is -0.461 e. The van der Waals surface area contributed by atoms with E-state index in [0.717, 1.165) is 0 Å². The van der Waals surface area contributed by atoms with Gasteiger partial charge in [0.15, 0.2) is 0 Å². The molecule has 1 aromatic heterocycles. The van der Waals surface area contributed by atoms with Gasteiger partial charge in [0.2, 0.25) is 17.1 Å². The summed E-state index contributed by atoms with van der Waals surface area (Å²) in [4.78, 5) is 23.6. The van der Waals surface area contributed by atoms with Crippen molar-refractivity contribution in [2.75, 3.05) is 25.6 Å². The first-order valence-electron chi connectivity index (χ1n) is 6.53. The molecule has 0 bridgehead atoms. The van der Waals surface area contributed by atoms with Crippen molar-refractivity contribution in [1.29, 1.82) is 0 Å². The molecule has 0 saturated carbocycles. The topological polar surface area (TPSA) is 98.3 Å². The first-order valence-corrected chi connectivity index (χ1v) is 6.91. The first-order chi connectivity index (χ1) is 9.92. The number of halogens is 1. The van der Waals surface area contributed by atoms with Crippen molar-refractivity contribution >= 4 is 23.5 Å². The number of ether oxygens (including phenoxy) is 2. The van der Waals surface area contributed by atoms with E-state index in [1.54, 1.807) is 14.0 Å². The van der Waals surface area contributed by atoms with Gasteiger partial charge in [0.1, 0.15) is 6.04 Å². The Bertz CT molecular complexity index is 472. The number of carbonyl (C=O) groups excluding carboxylic acids is 1. The van der Waals surface area contributed by atoms with Crippen LogP contribution in [0.25, 0.3) is 0 Å². The molecule has 1 atom stereocenters. The van der Waals surface area contributed by atoms with E-state index in [1.165, 1.54) is 0 Å². The standard InChI is InChI=1S/C12H20ClN5O3/c1-7(2)21-12-17-10(13)16-11(18-12)15-8(3)9(19)14-5-6-20-4/h7-8H,5-6H2,1-4H3,(H,14,19)(H,15,16,17,18). The van der Waals surface area contributed by atoms with Crippen LogP contribution in [0.2, 0.25) is 5.28 Å². The summed E-state index contributed by atoms with van der Waals surface area (Å²) in [7, 11) is 1.57. The van der Waals surface area contributed by atoms with Crippen molar-refractivity contribution < 1.29 is 14.3 Å². The largest absolute Gasteiger partial charge is 0.461 e. The molecule has 118 valence electrons. The monoisotopic (exact) mass is 317 g/mol. The molecule has 1 aromatic rings. The van der Waals surface area contributed by atoms with Crippen molar-refractivity contribution in [2.24, 2.45) is 0 Å². The Labute approximate surface area is 128 Å². The van der Waals surface area contributed by atoms with Crippen molar-refractivity contribution in [3.8, 4) is 6.01 Å². The van der Waals surface area contributed by atoms with Crippen LogP contribution in [0.1, 0.15) is 20.8 Å². The first kappa shape index (κ1) is 17.4. The fourth-order valence-corrected chi connectivity index (χ4v) is 1.50. The lowest BCUT2D eigenvalue weighted by molar-refractivity contribution is -0.121. The van der Waals surface area contributed by atoms with Crippen LogP contribution in [0.3, 0.4) is 0 Å². The molecule has 0 saturated heterocycles. The SMILES string of the molecule is COCCNC(=O)C(C)Nc1nc(Cl)nc(OC(C)C)n1. The molecule has 0 radical (unpaired) electrons. The van der Waals surface area contributed by atoms with Gasteiger partial charge in [0.25, 0.3) is 0 Å². The highest BCUT2D eigenvalue weighted by Crippen LogP contribution is 2.13. The number of anilines is 1. The molecule has 0 spiro atoms. The van der Waals surface area contributed by atoms with Crippen molar-refractivity contribution in [2.45, 2.75) is 32.9 Å². The fraction of sp³-hybridized carbons (Fsp3) is 0.667. The zero-order valence-electron chi connectivity index (χ0n) is 12.5. The van der Waals surface area contributed by atoms with Crippen LogP contribution in [-0.2, 0) is 9.53 Å². The number of hydrogen-bond acceptors (Lipinski definition) is 7. The number of methoxy groups -OCH3 is 1. The average Bonchev–Trinajstić information content (AvgIpc) is 2.37. The molecule has 0 aliphatic heterocycles. The number of nitrogens with zero attached hydrogens (tertiary/aromatic N) is 3. The summed E-state index contributed by atoms with van der Waals surface area (Å²) in [6.45, 7) is 6.25. The van der Waals surface area contributed by atoms with Crippen molar-refractivity contribution in [3.05, 3.63) is 5.28 Å². The van der Waals surface area contributed by atoms with E-state index in [2.05, 4.69) is 25.6 Å². The number of aromatic nitrogens is 3. The van der Waals surface area contributed by atoms with Crippen LogP contribution in [0.5, 0.6) is 6.01 Å². The van der Waals surface area contributed by atoms with Gasteiger partial charge in [-0.25, -0.2) is 0 Å². The Morgan fingerprint density at radius 1 is 1.29 bits per heavy atom. The third-order valence-electron chi connectivity index (χ3n) is 2.27. The number of nitrogens with one attached hydrogen (secondary N) is 2. The van der Waals surface area contributed by atoms with Crippen LogP contribution in [0.15, 0.2) is 0 Å². The Kier molecular flexibility index (Phi) is 7.10. The highest BCUT2D eigenvalue weighted by atomic mass is 35.5. The lowest BCUT2D eigenvalue weighted by atomic mass is 10.3. The predicted molar refractivity (Wildman–Crippen MR) is 78.6 cm³/mol. The van der Waals surface area contributed by atoms with E-state index in [0.29, 0.717) is 13.2 Å². The van der Waals surface area contributed by atoms with Crippen molar-refractivity contribution in [3.63, 3.8) is 0 Å². The lowest BCUT2D eigenvalue weighted by Gasteiger charge is -2.14. The summed E-state index contributed by atoms with van der Waals surface area (Å²) in [6.07, 6.45) is -0.0916. The van der Waals surface area contributed by atoms with Gasteiger partial charge in [-0.15, -0.1) is 0 Å². The smallest absolute Gasteiger partial charge is 0.322 e. The summed E-state index contributed by atoms with van der Waals surface area (Å²) >= 11 is 5.80. The van der Waals surface area contributed by atoms with Crippen LogP contribution in [0.4, 0.5) is 5.95 Å². The molecule has 1 heterocycles. The van der Waals surface area contributed by atoms with E-state index in [1.807, 2.05) is 13.8 Å². The van der Waals surface area contributed by atoms with Gasteiger partial charge in [-0.1, -0.05) is 0 Å². The molecule has 1 amide bonds. The molecule has 8 nitrogen and oxygen atoms in total. The molecule has 1 rings (SSSR count). The molecule has 0 aromatic carbocycles. The van der Waals surface area contributed by atoms with E-state index >= 15 is 0 Å². The van der Waals surface area contributed by atoms with Crippen molar-refractivity contribution in [1.82, 2.24) is 20.3 Å². The Morgan fingerprint density at radius 3 is 2.62 bits per heavy atom. The molecular formula is C12H20ClN5O3. The third kappa shape index (κ3) is 6.54. The van der Waals surface area contributed by atoms with Crippen LogP contribution in [0, 0.1) is 0 Å². The highest BCUT2D eigenvalue weighted by Gasteiger charge is 2.15. The number of rotatable bonds is 8. The summed E-state index contributed by atoms with van der Waals surface area (Å²) in [6, 6.07) is -0.424. The molecule has 21 heavy (non-hydrogen) atoms. The maximum Gasteiger partial charge on any atom is 0.322 e. The average molecular weight is 318 g/mol. The molecule has 0 fully saturated rings. The summed E-state index contributed by atoms with van der Waals surface area (Å²) < 4.78 is 10.2. The van der Waals surface area contributed by atoms with Gasteiger partial charge in [-0.2, -0.15) is 15.0 Å². The summed E-state index contributed by atoms with van der Waals surface area (Å²) in [5, 5.41) is 5.54. The zero-order chi connectivity index (χ0) is 15.8. The second-order valence-electron chi connectivity index (χ2n) is 4.53. The number of carbonyl (C=O) groups is 1. The second kappa shape index (κ2) is 8.58. The van der Waals surface area contributed by atoms with Crippen LogP contribution in [-0.4, -0.2) is 53.3 Å². The maximum absolute atomic E-state index is 11.8.